The Kier molecular flexibility index (Phi) is 22.2. The molecular formula is C51H80O27. The van der Waals surface area contributed by atoms with Crippen LogP contribution in [0, 0.1) is 5.92 Å². The van der Waals surface area contributed by atoms with E-state index in [-0.39, 0.29) is 23.0 Å². The van der Waals surface area contributed by atoms with E-state index in [1.807, 2.05) is 26.8 Å². The summed E-state index contributed by atoms with van der Waals surface area (Å²) in [6, 6.07) is 3.34. The highest BCUT2D eigenvalue weighted by Gasteiger charge is 2.56. The number of benzene rings is 1. The minimum Gasteiger partial charge on any atom is -0.462 e. The highest BCUT2D eigenvalue weighted by atomic mass is 16.8. The standard InChI is InChI=1S/C51H80O27/c1-5-6-7-8-21-12-24(69-49-41(66)44(34(59)28(16-54)73-49)76-47-39(64)37(62)32(57)26(14-52)71-47)31(23-11-20(4)9-10-22(23)19(2)3)25(13-21)70-50-42(67)45(35(60)29(17-55)74-50)78-51-43(68)46(36(61)30(18-56)75-51)77-48-40(65)38(63)33(58)27(15-53)72-48/h11-13,22-23,26-30,32-68H,2,5-10,14-18H2,1,3-4H3/t22-,23+,26-,27+,28-,29+,30+,32-,33+,34-,35+,36+,37+,38-,39-,40+,41-,42+,43+,44+,45-,46-,47+,48-,49-,50+,51-/m0/s1. The van der Waals surface area contributed by atoms with Crippen molar-refractivity contribution in [2.45, 2.75) is 219 Å². The molecule has 5 fully saturated rings. The smallest absolute Gasteiger partial charge is 0.229 e. The number of rotatable bonds is 21. The van der Waals surface area contributed by atoms with Crippen molar-refractivity contribution in [3.63, 3.8) is 0 Å². The number of hydrogen-bond acceptors (Lipinski definition) is 27. The van der Waals surface area contributed by atoms with Crippen LogP contribution in [0.25, 0.3) is 0 Å². The zero-order valence-electron chi connectivity index (χ0n) is 43.5. The molecule has 7 rings (SSSR count). The number of unbranched alkanes of at least 4 members (excludes halogenated alkanes) is 2. The summed E-state index contributed by atoms with van der Waals surface area (Å²) in [5.41, 5.74) is 2.54. The van der Waals surface area contributed by atoms with Crippen LogP contribution in [0.4, 0.5) is 0 Å². The number of ether oxygens (including phenoxy) is 10. The van der Waals surface area contributed by atoms with Crippen molar-refractivity contribution >= 4 is 0 Å². The van der Waals surface area contributed by atoms with Crippen molar-refractivity contribution in [3.05, 3.63) is 47.1 Å². The maximum Gasteiger partial charge on any atom is 0.229 e. The van der Waals surface area contributed by atoms with Crippen LogP contribution in [0.1, 0.15) is 69.9 Å². The number of allylic oxidation sites excluding steroid dienone is 3. The van der Waals surface area contributed by atoms with E-state index in [0.29, 0.717) is 31.2 Å². The molecule has 0 unspecified atom stereocenters. The summed E-state index contributed by atoms with van der Waals surface area (Å²) < 4.78 is 59.6. The zero-order valence-corrected chi connectivity index (χ0v) is 43.5. The molecule has 27 heteroatoms. The molecule has 5 aliphatic heterocycles. The molecule has 0 radical (unpaired) electrons. The van der Waals surface area contributed by atoms with Gasteiger partial charge in [0.15, 0.2) is 18.9 Å². The van der Waals surface area contributed by atoms with Gasteiger partial charge in [-0.3, -0.25) is 0 Å². The van der Waals surface area contributed by atoms with Crippen molar-refractivity contribution in [1.82, 2.24) is 0 Å². The van der Waals surface area contributed by atoms with Gasteiger partial charge in [-0.15, -0.1) is 0 Å². The maximum absolute atomic E-state index is 12.2. The highest BCUT2D eigenvalue weighted by molar-refractivity contribution is 5.53. The summed E-state index contributed by atoms with van der Waals surface area (Å²) in [6.07, 6.45) is -39.6. The van der Waals surface area contributed by atoms with Crippen molar-refractivity contribution in [2.75, 3.05) is 33.0 Å². The second-order valence-electron chi connectivity index (χ2n) is 21.0. The first-order chi connectivity index (χ1) is 37.1. The topological polar surface area (TPSA) is 436 Å². The molecule has 0 spiro atoms. The van der Waals surface area contributed by atoms with Crippen LogP contribution >= 0.6 is 0 Å². The van der Waals surface area contributed by atoms with Gasteiger partial charge in [-0.2, -0.15) is 0 Å². The Bertz CT molecular complexity index is 2100. The van der Waals surface area contributed by atoms with E-state index >= 15 is 0 Å². The predicted molar refractivity (Wildman–Crippen MR) is 260 cm³/mol. The minimum absolute atomic E-state index is 0.000602. The Morgan fingerprint density at radius 1 is 0.500 bits per heavy atom. The van der Waals surface area contributed by atoms with E-state index in [0.717, 1.165) is 24.0 Å². The predicted octanol–water partition coefficient (Wildman–Crippen LogP) is -5.73. The summed E-state index contributed by atoms with van der Waals surface area (Å²) in [4.78, 5) is 0. The van der Waals surface area contributed by atoms with Gasteiger partial charge in [0, 0.05) is 11.5 Å². The van der Waals surface area contributed by atoms with Crippen molar-refractivity contribution < 1.29 is 134 Å². The molecule has 78 heavy (non-hydrogen) atoms. The fraction of sp³-hybridized carbons (Fsp3) is 0.804. The average Bonchev–Trinajstić information content (AvgIpc) is 3.56. The monoisotopic (exact) mass is 1120 g/mol. The highest BCUT2D eigenvalue weighted by Crippen LogP contribution is 2.49. The van der Waals surface area contributed by atoms with Gasteiger partial charge < -0.3 is 134 Å². The van der Waals surface area contributed by atoms with Gasteiger partial charge in [0.2, 0.25) is 12.6 Å². The van der Waals surface area contributed by atoms with Gasteiger partial charge in [-0.05, 0) is 63.1 Å². The van der Waals surface area contributed by atoms with Crippen molar-refractivity contribution in [3.8, 4) is 11.5 Å². The number of aliphatic hydroxyl groups is 17. The van der Waals surface area contributed by atoms with Crippen LogP contribution in [0.3, 0.4) is 0 Å². The summed E-state index contributed by atoms with van der Waals surface area (Å²) in [7, 11) is 0. The number of aliphatic hydroxyl groups excluding tert-OH is 17. The van der Waals surface area contributed by atoms with Crippen LogP contribution in [-0.2, 0) is 44.3 Å². The van der Waals surface area contributed by atoms with Crippen LogP contribution in [0.5, 0.6) is 11.5 Å². The lowest BCUT2D eigenvalue weighted by molar-refractivity contribution is -0.378. The van der Waals surface area contributed by atoms with Crippen LogP contribution in [0.2, 0.25) is 0 Å². The van der Waals surface area contributed by atoms with Gasteiger partial charge in [0.1, 0.15) is 134 Å². The quantitative estimate of drug-likeness (QED) is 0.0403. The third-order valence-electron chi connectivity index (χ3n) is 15.5. The van der Waals surface area contributed by atoms with Gasteiger partial charge in [0.05, 0.1) is 33.0 Å². The Hall–Kier alpha value is -2.70. The van der Waals surface area contributed by atoms with E-state index in [1.54, 1.807) is 12.1 Å². The molecule has 0 bridgehead atoms. The van der Waals surface area contributed by atoms with Crippen LogP contribution < -0.4 is 9.47 Å². The Morgan fingerprint density at radius 2 is 0.859 bits per heavy atom. The lowest BCUT2D eigenvalue weighted by Gasteiger charge is -2.48. The molecule has 1 aromatic rings. The lowest BCUT2D eigenvalue weighted by atomic mass is 9.73. The third-order valence-corrected chi connectivity index (χ3v) is 15.5. The molecule has 1 aliphatic carbocycles. The third kappa shape index (κ3) is 13.4. The Morgan fingerprint density at radius 3 is 1.23 bits per heavy atom. The summed E-state index contributed by atoms with van der Waals surface area (Å²) >= 11 is 0. The first-order valence-corrected chi connectivity index (χ1v) is 26.4. The molecule has 5 heterocycles. The van der Waals surface area contributed by atoms with Gasteiger partial charge in [-0.1, -0.05) is 43.6 Å². The van der Waals surface area contributed by atoms with Crippen molar-refractivity contribution in [2.24, 2.45) is 5.92 Å². The van der Waals surface area contributed by atoms with Gasteiger partial charge in [-0.25, -0.2) is 0 Å². The van der Waals surface area contributed by atoms with E-state index in [1.165, 1.54) is 0 Å². The van der Waals surface area contributed by atoms with Crippen LogP contribution in [-0.4, -0.2) is 273 Å². The van der Waals surface area contributed by atoms with E-state index in [9.17, 15) is 86.8 Å². The molecule has 0 amide bonds. The molecule has 27 atom stereocenters. The first kappa shape index (κ1) is 62.9. The zero-order chi connectivity index (χ0) is 57.0. The molecule has 27 nitrogen and oxygen atoms in total. The summed E-state index contributed by atoms with van der Waals surface area (Å²) in [5, 5.41) is 184. The lowest BCUT2D eigenvalue weighted by Crippen LogP contribution is -2.67. The van der Waals surface area contributed by atoms with Crippen LogP contribution in [0.15, 0.2) is 35.9 Å². The maximum atomic E-state index is 12.2. The molecular weight excluding hydrogens is 1040 g/mol. The average molecular weight is 1130 g/mol. The first-order valence-electron chi connectivity index (χ1n) is 26.4. The second kappa shape index (κ2) is 27.6. The molecule has 5 saturated heterocycles. The molecule has 0 saturated carbocycles. The Balaban J connectivity index is 1.25. The van der Waals surface area contributed by atoms with E-state index in [2.05, 4.69) is 6.58 Å². The SMILES string of the molecule is C=C(C)[C@@H]1CCC(C)=C[C@H]1c1c(O[C@H]2O[C@@H](CO)[C@H](O)[C@@H](O[C@H]3O[C@@H](CO)[C@H](O)[C@@H](O)[C@@H]3O)[C@@H]2O)cc(CCCCC)cc1O[C@@H]1O[C@H](CO)[C@@H](O)[C@H](O[C@@H]2O[C@H](CO)[C@@H](O)[C@H](O[C@@H]3O[C@H](CO)[C@@H](O)[C@H](O)[C@H]3O)[C@H]2O)[C@H]1O. The second-order valence-corrected chi connectivity index (χ2v) is 21.0. The van der Waals surface area contributed by atoms with Crippen molar-refractivity contribution in [1.29, 1.82) is 0 Å². The fourth-order valence-corrected chi connectivity index (χ4v) is 10.8. The largest absolute Gasteiger partial charge is 0.462 e. The van der Waals surface area contributed by atoms with E-state index < -0.39 is 192 Å². The molecule has 0 aromatic heterocycles. The minimum atomic E-state index is -2.10. The summed E-state index contributed by atoms with van der Waals surface area (Å²) in [5.74, 6) is -0.943. The molecule has 1 aromatic carbocycles. The molecule has 446 valence electrons. The molecule has 17 N–H and O–H groups in total. The number of aryl methyl sites for hydroxylation is 1. The van der Waals surface area contributed by atoms with E-state index in [4.69, 9.17) is 47.4 Å². The summed E-state index contributed by atoms with van der Waals surface area (Å²) in [6.45, 7) is 5.69. The normalized spacial score (nSPS) is 44.4. The number of hydrogen-bond donors (Lipinski definition) is 17. The molecule has 6 aliphatic rings. The fourth-order valence-electron chi connectivity index (χ4n) is 10.8. The van der Waals surface area contributed by atoms with Gasteiger partial charge >= 0.3 is 0 Å². The van der Waals surface area contributed by atoms with Gasteiger partial charge in [0.25, 0.3) is 0 Å². The Labute approximate surface area is 449 Å².